The van der Waals surface area contributed by atoms with Gasteiger partial charge in [0, 0.05) is 34.2 Å². The second-order valence-corrected chi connectivity index (χ2v) is 12.8. The van der Waals surface area contributed by atoms with Crippen molar-refractivity contribution in [3.63, 3.8) is 0 Å². The van der Waals surface area contributed by atoms with Gasteiger partial charge in [0.15, 0.2) is 6.10 Å². The second kappa shape index (κ2) is 13.7. The average molecular weight is 610 g/mol. The topological polar surface area (TPSA) is 117 Å². The molecule has 1 N–H and O–H groups in total. The molecule has 0 aliphatic heterocycles. The number of nitrogens with one attached hydrogen (secondary N) is 1. The van der Waals surface area contributed by atoms with E-state index in [9.17, 15) is 31.2 Å². The Morgan fingerprint density at radius 1 is 1.10 bits per heavy atom. The number of rotatable bonds is 12. The minimum Gasteiger partial charge on any atom is -0.464 e. The molecule has 2 rings (SSSR count). The van der Waals surface area contributed by atoms with Gasteiger partial charge in [-0.05, 0) is 58.4 Å². The molecular formula is C26H34F3NO8S2. The first-order valence-electron chi connectivity index (χ1n) is 12.4. The summed E-state index contributed by atoms with van der Waals surface area (Å²) in [6.07, 6.45) is -1.98. The van der Waals surface area contributed by atoms with Crippen LogP contribution in [0.15, 0.2) is 30.3 Å². The van der Waals surface area contributed by atoms with E-state index in [2.05, 4.69) is 9.50 Å². The number of esters is 1. The lowest BCUT2D eigenvalue weighted by atomic mass is 10.0. The minimum atomic E-state index is -5.98. The fourth-order valence-electron chi connectivity index (χ4n) is 3.35. The number of alkyl carbamates (subject to hydrolysis) is 1. The van der Waals surface area contributed by atoms with Gasteiger partial charge < -0.3 is 23.7 Å². The summed E-state index contributed by atoms with van der Waals surface area (Å²) in [5, 5.41) is 2.37. The van der Waals surface area contributed by atoms with Crippen LogP contribution in [-0.4, -0.2) is 50.9 Å². The van der Waals surface area contributed by atoms with Crippen LogP contribution in [0.25, 0.3) is 0 Å². The maximum atomic E-state index is 13.0. The number of hydrogen-bond donors (Lipinski definition) is 1. The molecule has 0 saturated carbocycles. The molecule has 14 heteroatoms. The summed E-state index contributed by atoms with van der Waals surface area (Å²) in [5.41, 5.74) is -6.22. The Morgan fingerprint density at radius 3 is 2.33 bits per heavy atom. The zero-order valence-corrected chi connectivity index (χ0v) is 24.7. The number of carbonyl (C=O) groups is 2. The van der Waals surface area contributed by atoms with Gasteiger partial charge in [0.05, 0.1) is 13.2 Å². The lowest BCUT2D eigenvalue weighted by Crippen LogP contribution is -2.33. The van der Waals surface area contributed by atoms with Crippen molar-refractivity contribution in [2.24, 2.45) is 0 Å². The maximum Gasteiger partial charge on any atom is 0.534 e. The largest absolute Gasteiger partial charge is 0.534 e. The lowest BCUT2D eigenvalue weighted by Gasteiger charge is -2.21. The number of aryl methyl sites for hydroxylation is 1. The van der Waals surface area contributed by atoms with Crippen LogP contribution < -0.4 is 9.50 Å². The van der Waals surface area contributed by atoms with Gasteiger partial charge in [0.25, 0.3) is 0 Å². The molecule has 0 aliphatic carbocycles. The van der Waals surface area contributed by atoms with Gasteiger partial charge in [-0.1, -0.05) is 19.1 Å². The molecule has 0 spiro atoms. The summed E-state index contributed by atoms with van der Waals surface area (Å²) in [6.45, 7) is 10.3. The van der Waals surface area contributed by atoms with E-state index in [0.29, 0.717) is 5.56 Å². The van der Waals surface area contributed by atoms with Gasteiger partial charge in [-0.2, -0.15) is 21.6 Å². The summed E-state index contributed by atoms with van der Waals surface area (Å²) >= 11 is 1.61. The van der Waals surface area contributed by atoms with Crippen LogP contribution in [0.4, 0.5) is 18.0 Å². The summed E-state index contributed by atoms with van der Waals surface area (Å²) in [7, 11) is -5.98. The lowest BCUT2D eigenvalue weighted by molar-refractivity contribution is -0.156. The highest BCUT2D eigenvalue weighted by molar-refractivity contribution is 7.88. The molecule has 1 aromatic carbocycles. The molecule has 0 saturated heterocycles. The van der Waals surface area contributed by atoms with Gasteiger partial charge in [-0.25, -0.2) is 9.59 Å². The Labute approximate surface area is 236 Å². The third-order valence-corrected chi connectivity index (χ3v) is 7.39. The third-order valence-electron chi connectivity index (χ3n) is 5.19. The molecule has 2 atom stereocenters. The number of halogens is 3. The average Bonchev–Trinajstić information content (AvgIpc) is 3.26. The first kappa shape index (κ1) is 33.4. The number of benzene rings is 1. The Hall–Kier alpha value is -2.84. The molecule has 0 bridgehead atoms. The Morgan fingerprint density at radius 2 is 1.77 bits per heavy atom. The van der Waals surface area contributed by atoms with E-state index in [1.807, 2.05) is 26.0 Å². The molecular weight excluding hydrogens is 575 g/mol. The quantitative estimate of drug-likeness (QED) is 0.188. The zero-order chi connectivity index (χ0) is 30.3. The summed E-state index contributed by atoms with van der Waals surface area (Å²) in [5.74, 6) is -1.30. The second-order valence-electron chi connectivity index (χ2n) is 9.91. The fourth-order valence-corrected chi connectivity index (χ4v) is 4.75. The molecule has 1 heterocycles. The fraction of sp³-hybridized carbons (Fsp3) is 0.538. The Bertz CT molecular complexity index is 1270. The third kappa shape index (κ3) is 10.3. The van der Waals surface area contributed by atoms with Crippen molar-refractivity contribution < 1.29 is 49.6 Å². The van der Waals surface area contributed by atoms with E-state index in [-0.39, 0.29) is 31.1 Å². The van der Waals surface area contributed by atoms with Crippen LogP contribution >= 0.6 is 11.3 Å². The molecule has 1 aromatic heterocycles. The normalized spacial score (nSPS) is 13.8. The summed E-state index contributed by atoms with van der Waals surface area (Å²) < 4.78 is 82.7. The maximum absolute atomic E-state index is 13.0. The van der Waals surface area contributed by atoms with Crippen molar-refractivity contribution >= 4 is 33.5 Å². The predicted molar refractivity (Wildman–Crippen MR) is 143 cm³/mol. The van der Waals surface area contributed by atoms with E-state index in [1.165, 1.54) is 12.1 Å². The molecule has 0 radical (unpaired) electrons. The van der Waals surface area contributed by atoms with Gasteiger partial charge in [0.2, 0.25) is 0 Å². The SMILES string of the molecule is CCOC(=O)C(Cc1ccc(OS(=O)(=O)C(F)(F)F)c(CNC(=O)OC(C)(C)C)c1)OCC(C)c1ccc(C)s1. The minimum absolute atomic E-state index is 0.0208. The number of hydrogen-bond acceptors (Lipinski definition) is 9. The van der Waals surface area contributed by atoms with E-state index in [1.54, 1.807) is 39.0 Å². The molecule has 1 amide bonds. The van der Waals surface area contributed by atoms with E-state index >= 15 is 0 Å². The number of ether oxygens (including phenoxy) is 3. The van der Waals surface area contributed by atoms with Crippen LogP contribution in [0.2, 0.25) is 0 Å². The van der Waals surface area contributed by atoms with Crippen LogP contribution in [0, 0.1) is 6.92 Å². The first-order chi connectivity index (χ1) is 18.4. The molecule has 9 nitrogen and oxygen atoms in total. The molecule has 0 fully saturated rings. The molecule has 2 aromatic rings. The van der Waals surface area contributed by atoms with Crippen LogP contribution in [0.5, 0.6) is 5.75 Å². The molecule has 2 unspecified atom stereocenters. The van der Waals surface area contributed by atoms with E-state index in [4.69, 9.17) is 14.2 Å². The molecule has 40 heavy (non-hydrogen) atoms. The number of amides is 1. The smallest absolute Gasteiger partial charge is 0.464 e. The summed E-state index contributed by atoms with van der Waals surface area (Å²) in [4.78, 5) is 27.0. The van der Waals surface area contributed by atoms with Crippen molar-refractivity contribution in [2.75, 3.05) is 13.2 Å². The highest BCUT2D eigenvalue weighted by Crippen LogP contribution is 2.30. The van der Waals surface area contributed by atoms with Crippen LogP contribution in [0.1, 0.15) is 61.4 Å². The van der Waals surface area contributed by atoms with Gasteiger partial charge >= 0.3 is 27.7 Å². The van der Waals surface area contributed by atoms with Crippen molar-refractivity contribution in [3.8, 4) is 5.75 Å². The first-order valence-corrected chi connectivity index (χ1v) is 14.6. The number of carbonyl (C=O) groups excluding carboxylic acids is 2. The summed E-state index contributed by atoms with van der Waals surface area (Å²) in [6, 6.07) is 7.60. The predicted octanol–water partition coefficient (Wildman–Crippen LogP) is 5.60. The Balaban J connectivity index is 2.31. The highest BCUT2D eigenvalue weighted by atomic mass is 32.2. The number of thiophene rings is 1. The van der Waals surface area contributed by atoms with Crippen LogP contribution in [-0.2, 0) is 42.1 Å². The zero-order valence-electron chi connectivity index (χ0n) is 23.1. The van der Waals surface area contributed by atoms with Gasteiger partial charge in [-0.3, -0.25) is 0 Å². The van der Waals surface area contributed by atoms with E-state index < -0.39 is 51.7 Å². The van der Waals surface area contributed by atoms with E-state index in [0.717, 1.165) is 15.8 Å². The molecule has 0 aliphatic rings. The van der Waals surface area contributed by atoms with Gasteiger partial charge in [0.1, 0.15) is 11.4 Å². The van der Waals surface area contributed by atoms with Crippen molar-refractivity contribution in [3.05, 3.63) is 51.2 Å². The monoisotopic (exact) mass is 609 g/mol. The van der Waals surface area contributed by atoms with Crippen LogP contribution in [0.3, 0.4) is 0 Å². The van der Waals surface area contributed by atoms with Crippen molar-refractivity contribution in [1.82, 2.24) is 5.32 Å². The highest BCUT2D eigenvalue weighted by Gasteiger charge is 2.48. The molecule has 224 valence electrons. The number of alkyl halides is 3. The van der Waals surface area contributed by atoms with Gasteiger partial charge in [-0.15, -0.1) is 11.3 Å². The van der Waals surface area contributed by atoms with Crippen molar-refractivity contribution in [2.45, 2.75) is 77.6 Å². The Kier molecular flexibility index (Phi) is 11.4. The van der Waals surface area contributed by atoms with Crippen molar-refractivity contribution in [1.29, 1.82) is 0 Å². The standard InChI is InChI=1S/C26H34F3NO8S2/c1-7-35-23(31)21(36-15-16(2)22-11-8-17(3)39-22)13-18-9-10-20(38-40(33,34)26(27,28)29)19(12-18)14-30-24(32)37-25(4,5)6/h8-12,16,21H,7,13-15H2,1-6H3,(H,30,32).